The Morgan fingerprint density at radius 3 is 2.91 bits per heavy atom. The fourth-order valence-electron chi connectivity index (χ4n) is 3.31. The van der Waals surface area contributed by atoms with Crippen molar-refractivity contribution in [1.82, 2.24) is 9.97 Å². The van der Waals surface area contributed by atoms with E-state index >= 15 is 0 Å². The van der Waals surface area contributed by atoms with Gasteiger partial charge in [-0.05, 0) is 62.4 Å². The normalized spacial score (nSPS) is 13.6. The molecule has 0 amide bonds. The van der Waals surface area contributed by atoms with Crippen molar-refractivity contribution in [2.24, 2.45) is 5.92 Å². The summed E-state index contributed by atoms with van der Waals surface area (Å²) in [6, 6.07) is 5.55. The van der Waals surface area contributed by atoms with Gasteiger partial charge in [0.2, 0.25) is 0 Å². The van der Waals surface area contributed by atoms with Crippen LogP contribution in [0.2, 0.25) is 0 Å². The van der Waals surface area contributed by atoms with Crippen molar-refractivity contribution in [3.63, 3.8) is 0 Å². The number of thiophene rings is 1. The number of nitrogens with zero attached hydrogens (tertiary/aromatic N) is 2. The highest BCUT2D eigenvalue weighted by atomic mass is 127. The van der Waals surface area contributed by atoms with E-state index in [0.29, 0.717) is 16.9 Å². The second-order valence-electron chi connectivity index (χ2n) is 7.76. The summed E-state index contributed by atoms with van der Waals surface area (Å²) in [4.78, 5) is 23.4. The molecule has 3 aromatic rings. The number of carboxylic acid groups (broad SMARTS) is 1. The van der Waals surface area contributed by atoms with E-state index in [2.05, 4.69) is 71.0 Å². The van der Waals surface area contributed by atoms with E-state index in [1.807, 2.05) is 17.5 Å². The zero-order valence-corrected chi connectivity index (χ0v) is 21.4. The third-order valence-corrected chi connectivity index (χ3v) is 7.48. The number of rotatable bonds is 7. The summed E-state index contributed by atoms with van der Waals surface area (Å²) in [6.45, 7) is 4.37. The van der Waals surface area contributed by atoms with Crippen LogP contribution in [0.3, 0.4) is 0 Å². The van der Waals surface area contributed by atoms with Crippen LogP contribution in [0.15, 0.2) is 57.7 Å². The molecule has 0 spiro atoms. The molecular formula is C24H22IN3O2S2. The van der Waals surface area contributed by atoms with Crippen LogP contribution >= 0.6 is 45.3 Å². The molecule has 0 saturated carbocycles. The Bertz CT molecular complexity index is 1220. The largest absolute Gasteiger partial charge is 0.478 e. The molecule has 164 valence electrons. The molecule has 0 atom stereocenters. The zero-order valence-electron chi connectivity index (χ0n) is 17.6. The SMILES string of the molecule is CC(C)Cc1sc(Nc2ncc(-c3cccs3)cc2C(=O)O)nc1C1=CC=C(I)CC=C1. The molecule has 0 unspecified atom stereocenters. The average Bonchev–Trinajstić information content (AvgIpc) is 3.36. The van der Waals surface area contributed by atoms with Crippen LogP contribution < -0.4 is 5.32 Å². The van der Waals surface area contributed by atoms with Crippen LogP contribution in [0.4, 0.5) is 10.9 Å². The molecule has 4 rings (SSSR count). The van der Waals surface area contributed by atoms with Gasteiger partial charge in [0.1, 0.15) is 11.4 Å². The minimum atomic E-state index is -1.02. The molecule has 0 saturated heterocycles. The van der Waals surface area contributed by atoms with E-state index in [-0.39, 0.29) is 5.56 Å². The highest BCUT2D eigenvalue weighted by Crippen LogP contribution is 2.35. The second-order valence-corrected chi connectivity index (χ2v) is 11.2. The van der Waals surface area contributed by atoms with Crippen molar-refractivity contribution in [2.45, 2.75) is 26.7 Å². The van der Waals surface area contributed by atoms with Gasteiger partial charge in [-0.25, -0.2) is 14.8 Å². The first kappa shape index (κ1) is 22.9. The quantitative estimate of drug-likeness (QED) is 0.284. The summed E-state index contributed by atoms with van der Waals surface area (Å²) < 4.78 is 1.27. The lowest BCUT2D eigenvalue weighted by molar-refractivity contribution is 0.0697. The number of nitrogens with one attached hydrogen (secondary N) is 1. The van der Waals surface area contributed by atoms with Gasteiger partial charge in [-0.2, -0.15) is 0 Å². The first-order chi connectivity index (χ1) is 15.4. The lowest BCUT2D eigenvalue weighted by Crippen LogP contribution is -2.05. The molecule has 0 bridgehead atoms. The van der Waals surface area contributed by atoms with Crippen LogP contribution in [-0.4, -0.2) is 21.0 Å². The Hall–Kier alpha value is -2.30. The maximum absolute atomic E-state index is 11.9. The Morgan fingerprint density at radius 2 is 2.19 bits per heavy atom. The van der Waals surface area contributed by atoms with E-state index in [0.717, 1.165) is 34.5 Å². The molecule has 2 N–H and O–H groups in total. The molecule has 0 radical (unpaired) electrons. The lowest BCUT2D eigenvalue weighted by atomic mass is 10.0. The molecule has 1 aliphatic carbocycles. The zero-order chi connectivity index (χ0) is 22.7. The number of aromatic carboxylic acids is 1. The highest BCUT2D eigenvalue weighted by Gasteiger charge is 2.19. The monoisotopic (exact) mass is 575 g/mol. The molecule has 0 fully saturated rings. The van der Waals surface area contributed by atoms with Crippen molar-refractivity contribution in [1.29, 1.82) is 0 Å². The van der Waals surface area contributed by atoms with Crippen LogP contribution in [0.5, 0.6) is 0 Å². The van der Waals surface area contributed by atoms with Crippen molar-refractivity contribution in [2.75, 3.05) is 5.32 Å². The fourth-order valence-corrected chi connectivity index (χ4v) is 5.64. The van der Waals surface area contributed by atoms with Crippen molar-refractivity contribution in [3.8, 4) is 10.4 Å². The Kier molecular flexibility index (Phi) is 7.22. The summed E-state index contributed by atoms with van der Waals surface area (Å²) in [5, 5.41) is 15.6. The average molecular weight is 575 g/mol. The Labute approximate surface area is 208 Å². The second kappa shape index (κ2) is 10.1. The highest BCUT2D eigenvalue weighted by molar-refractivity contribution is 14.1. The van der Waals surface area contributed by atoms with Crippen LogP contribution in [0.25, 0.3) is 16.0 Å². The van der Waals surface area contributed by atoms with Crippen molar-refractivity contribution in [3.05, 3.63) is 73.8 Å². The molecule has 0 aliphatic heterocycles. The number of thiazole rings is 1. The third kappa shape index (κ3) is 5.36. The van der Waals surface area contributed by atoms with Gasteiger partial charge in [0.05, 0.1) is 5.69 Å². The van der Waals surface area contributed by atoms with Gasteiger partial charge in [-0.15, -0.1) is 22.7 Å². The minimum Gasteiger partial charge on any atom is -0.478 e. The number of allylic oxidation sites excluding steroid dienone is 6. The van der Waals surface area contributed by atoms with Gasteiger partial charge in [0, 0.05) is 27.1 Å². The van der Waals surface area contributed by atoms with E-state index in [9.17, 15) is 9.90 Å². The van der Waals surface area contributed by atoms with Gasteiger partial charge in [0.15, 0.2) is 5.13 Å². The summed E-state index contributed by atoms with van der Waals surface area (Å²) in [5.74, 6) is -0.244. The van der Waals surface area contributed by atoms with E-state index in [1.54, 1.807) is 34.9 Å². The van der Waals surface area contributed by atoms with E-state index in [1.165, 1.54) is 8.46 Å². The summed E-state index contributed by atoms with van der Waals surface area (Å²) in [5.41, 5.74) is 2.93. The topological polar surface area (TPSA) is 75.1 Å². The van der Waals surface area contributed by atoms with Crippen molar-refractivity contribution >= 4 is 67.8 Å². The Balaban J connectivity index is 1.70. The molecule has 0 aromatic carbocycles. The lowest BCUT2D eigenvalue weighted by Gasteiger charge is -2.07. The number of halogens is 1. The molecule has 1 aliphatic rings. The molecule has 3 heterocycles. The number of aromatic nitrogens is 2. The number of anilines is 2. The summed E-state index contributed by atoms with van der Waals surface area (Å²) in [7, 11) is 0. The maximum atomic E-state index is 11.9. The maximum Gasteiger partial charge on any atom is 0.339 e. The number of pyridine rings is 1. The van der Waals surface area contributed by atoms with Crippen molar-refractivity contribution < 1.29 is 9.90 Å². The van der Waals surface area contributed by atoms with Crippen LogP contribution in [-0.2, 0) is 6.42 Å². The summed E-state index contributed by atoms with van der Waals surface area (Å²) >= 11 is 5.46. The molecule has 8 heteroatoms. The van der Waals surface area contributed by atoms with Gasteiger partial charge < -0.3 is 10.4 Å². The fraction of sp³-hybridized carbons (Fsp3) is 0.208. The van der Waals surface area contributed by atoms with Crippen LogP contribution in [0.1, 0.15) is 41.2 Å². The number of hydrogen-bond acceptors (Lipinski definition) is 6. The van der Waals surface area contributed by atoms with E-state index in [4.69, 9.17) is 4.98 Å². The smallest absolute Gasteiger partial charge is 0.339 e. The molecule has 5 nitrogen and oxygen atoms in total. The van der Waals surface area contributed by atoms with Gasteiger partial charge >= 0.3 is 5.97 Å². The number of hydrogen-bond donors (Lipinski definition) is 2. The first-order valence-electron chi connectivity index (χ1n) is 10.2. The predicted octanol–water partition coefficient (Wildman–Crippen LogP) is 7.57. The molecule has 32 heavy (non-hydrogen) atoms. The summed E-state index contributed by atoms with van der Waals surface area (Å²) in [6.07, 6.45) is 12.0. The number of carboxylic acids is 1. The van der Waals surface area contributed by atoms with Gasteiger partial charge in [-0.1, -0.05) is 44.2 Å². The van der Waals surface area contributed by atoms with Gasteiger partial charge in [0.25, 0.3) is 0 Å². The van der Waals surface area contributed by atoms with Gasteiger partial charge in [-0.3, -0.25) is 0 Å². The van der Waals surface area contributed by atoms with E-state index < -0.39 is 5.97 Å². The molecular weight excluding hydrogens is 553 g/mol. The third-order valence-electron chi connectivity index (χ3n) is 4.77. The molecule has 3 aromatic heterocycles. The van der Waals surface area contributed by atoms with Crippen LogP contribution in [0, 0.1) is 5.92 Å². The number of carbonyl (C=O) groups is 1. The Morgan fingerprint density at radius 1 is 1.34 bits per heavy atom. The standard InChI is InChI=1S/C24H22IN3O2S2/c1-14(2)11-20-21(15-5-3-6-17(25)9-8-15)27-24(32-20)28-22-18(23(29)30)12-16(13-26-22)19-7-4-10-31-19/h3-5,7-10,12-14H,6,11H2,1-2H3,(H,29,30)(H,26,27,28). The first-order valence-corrected chi connectivity index (χ1v) is 13.0. The minimum absolute atomic E-state index is 0.129. The predicted molar refractivity (Wildman–Crippen MR) is 142 cm³/mol.